The average Bonchev–Trinajstić information content (AvgIpc) is 2.96. The molecule has 0 aliphatic carbocycles. The van der Waals surface area contributed by atoms with Crippen LogP contribution >= 0.6 is 0 Å². The third-order valence-electron chi connectivity index (χ3n) is 4.16. The molecule has 8 heteroatoms. The Hall–Kier alpha value is -2.35. The molecule has 1 N–H and O–H groups in total. The number of aromatic nitrogens is 2. The van der Waals surface area contributed by atoms with Gasteiger partial charge >= 0.3 is 0 Å². The second-order valence-corrected chi connectivity index (χ2v) is 8.19. The van der Waals surface area contributed by atoms with Crippen LogP contribution in [0.25, 0.3) is 0 Å². The third kappa shape index (κ3) is 4.19. The maximum Gasteiger partial charge on any atom is 0.227 e. The first-order chi connectivity index (χ1) is 12.0. The van der Waals surface area contributed by atoms with Crippen LogP contribution in [0.2, 0.25) is 0 Å². The van der Waals surface area contributed by atoms with Crippen molar-refractivity contribution >= 4 is 27.3 Å². The van der Waals surface area contributed by atoms with Gasteiger partial charge in [0.1, 0.15) is 11.6 Å². The van der Waals surface area contributed by atoms with Gasteiger partial charge in [-0.1, -0.05) is 12.1 Å². The highest BCUT2D eigenvalue weighted by Gasteiger charge is 2.31. The van der Waals surface area contributed by atoms with Crippen molar-refractivity contribution in [3.63, 3.8) is 0 Å². The molecular weight excluding hydrogens is 340 g/mol. The maximum absolute atomic E-state index is 11.7. The van der Waals surface area contributed by atoms with E-state index in [0.29, 0.717) is 24.8 Å². The second-order valence-electron chi connectivity index (χ2n) is 5.96. The van der Waals surface area contributed by atoms with Crippen molar-refractivity contribution in [1.29, 1.82) is 0 Å². The van der Waals surface area contributed by atoms with E-state index in [2.05, 4.69) is 15.3 Å². The summed E-state index contributed by atoms with van der Waals surface area (Å²) in [5, 5.41) is 3.24. The Morgan fingerprint density at radius 3 is 2.84 bits per heavy atom. The zero-order valence-electron chi connectivity index (χ0n) is 14.3. The molecule has 0 radical (unpaired) electrons. The number of para-hydroxylation sites is 2. The lowest BCUT2D eigenvalue weighted by atomic mass is 10.2. The Labute approximate surface area is 148 Å². The number of hydrogen-bond acceptors (Lipinski definition) is 7. The van der Waals surface area contributed by atoms with E-state index in [9.17, 15) is 8.42 Å². The molecule has 2 heterocycles. The van der Waals surface area contributed by atoms with E-state index in [1.54, 1.807) is 12.3 Å². The SMILES string of the molecule is CCOc1ccccc1Nc1ccnc(N(C)C2CCS(=O)(=O)C2)n1. The van der Waals surface area contributed by atoms with E-state index in [1.165, 1.54) is 0 Å². The molecule has 134 valence electrons. The highest BCUT2D eigenvalue weighted by Crippen LogP contribution is 2.27. The predicted octanol–water partition coefficient (Wildman–Crippen LogP) is 2.24. The van der Waals surface area contributed by atoms with Gasteiger partial charge < -0.3 is 15.0 Å². The van der Waals surface area contributed by atoms with Gasteiger partial charge in [-0.2, -0.15) is 4.98 Å². The lowest BCUT2D eigenvalue weighted by molar-refractivity contribution is 0.342. The van der Waals surface area contributed by atoms with E-state index in [0.717, 1.165) is 11.4 Å². The van der Waals surface area contributed by atoms with Gasteiger partial charge in [0.2, 0.25) is 5.95 Å². The van der Waals surface area contributed by atoms with Crippen molar-refractivity contribution in [1.82, 2.24) is 9.97 Å². The summed E-state index contributed by atoms with van der Waals surface area (Å²) in [6.45, 7) is 2.51. The molecule has 7 nitrogen and oxygen atoms in total. The minimum absolute atomic E-state index is 0.0871. The maximum atomic E-state index is 11.7. The van der Waals surface area contributed by atoms with E-state index < -0.39 is 9.84 Å². The Morgan fingerprint density at radius 1 is 1.32 bits per heavy atom. The van der Waals surface area contributed by atoms with Crippen LogP contribution in [0, 0.1) is 0 Å². The molecule has 0 spiro atoms. The van der Waals surface area contributed by atoms with Crippen LogP contribution in [0.4, 0.5) is 17.5 Å². The largest absolute Gasteiger partial charge is 0.492 e. The van der Waals surface area contributed by atoms with Crippen LogP contribution in [0.15, 0.2) is 36.5 Å². The Balaban J connectivity index is 1.78. The quantitative estimate of drug-likeness (QED) is 0.843. The zero-order valence-corrected chi connectivity index (χ0v) is 15.2. The molecule has 0 saturated carbocycles. The summed E-state index contributed by atoms with van der Waals surface area (Å²) in [6.07, 6.45) is 2.26. The Kier molecular flexibility index (Phi) is 5.08. The van der Waals surface area contributed by atoms with Crippen LogP contribution in [0.3, 0.4) is 0 Å². The second kappa shape index (κ2) is 7.26. The fourth-order valence-corrected chi connectivity index (χ4v) is 4.60. The summed E-state index contributed by atoms with van der Waals surface area (Å²) in [4.78, 5) is 10.6. The summed E-state index contributed by atoms with van der Waals surface area (Å²) in [6, 6.07) is 9.32. The Bertz CT molecular complexity index is 841. The summed E-state index contributed by atoms with van der Waals surface area (Å²) in [5.74, 6) is 2.26. The standard InChI is InChI=1S/C17H22N4O3S/c1-3-24-15-7-5-4-6-14(15)19-16-8-10-18-17(20-16)21(2)13-9-11-25(22,23)12-13/h4-8,10,13H,3,9,11-12H2,1-2H3,(H,18,19,20). The molecular formula is C17H22N4O3S. The molecule has 1 fully saturated rings. The number of rotatable bonds is 6. The first kappa shape index (κ1) is 17.5. The molecule has 1 aromatic heterocycles. The van der Waals surface area contributed by atoms with Crippen LogP contribution in [0.1, 0.15) is 13.3 Å². The number of benzene rings is 1. The molecule has 1 aliphatic heterocycles. The molecule has 1 unspecified atom stereocenters. The minimum atomic E-state index is -2.95. The molecule has 1 saturated heterocycles. The number of nitrogens with zero attached hydrogens (tertiary/aromatic N) is 3. The first-order valence-corrected chi connectivity index (χ1v) is 10.1. The first-order valence-electron chi connectivity index (χ1n) is 8.23. The molecule has 0 bridgehead atoms. The van der Waals surface area contributed by atoms with Gasteiger partial charge in [-0.3, -0.25) is 0 Å². The van der Waals surface area contributed by atoms with E-state index in [4.69, 9.17) is 4.74 Å². The molecule has 3 rings (SSSR count). The Morgan fingerprint density at radius 2 is 2.12 bits per heavy atom. The lowest BCUT2D eigenvalue weighted by Gasteiger charge is -2.23. The van der Waals surface area contributed by atoms with Crippen molar-refractivity contribution in [2.75, 3.05) is 35.4 Å². The highest BCUT2D eigenvalue weighted by atomic mass is 32.2. The van der Waals surface area contributed by atoms with Crippen LogP contribution in [-0.4, -0.2) is 49.6 Å². The number of hydrogen-bond donors (Lipinski definition) is 1. The van der Waals surface area contributed by atoms with E-state index in [1.807, 2.05) is 43.1 Å². The van der Waals surface area contributed by atoms with E-state index in [-0.39, 0.29) is 17.5 Å². The highest BCUT2D eigenvalue weighted by molar-refractivity contribution is 7.91. The molecule has 1 aliphatic rings. The van der Waals surface area contributed by atoms with Crippen LogP contribution in [0.5, 0.6) is 5.75 Å². The summed E-state index contributed by atoms with van der Waals surface area (Å²) < 4.78 is 29.0. The van der Waals surface area contributed by atoms with Crippen molar-refractivity contribution in [3.05, 3.63) is 36.5 Å². The van der Waals surface area contributed by atoms with Gasteiger partial charge in [0, 0.05) is 19.3 Å². The van der Waals surface area contributed by atoms with Crippen LogP contribution in [-0.2, 0) is 9.84 Å². The van der Waals surface area contributed by atoms with Crippen LogP contribution < -0.4 is 15.0 Å². The van der Waals surface area contributed by atoms with Gasteiger partial charge in [-0.25, -0.2) is 13.4 Å². The van der Waals surface area contributed by atoms with Crippen molar-refractivity contribution in [3.8, 4) is 5.75 Å². The molecule has 25 heavy (non-hydrogen) atoms. The van der Waals surface area contributed by atoms with Crippen molar-refractivity contribution in [2.24, 2.45) is 0 Å². The zero-order chi connectivity index (χ0) is 17.9. The summed E-state index contributed by atoms with van der Waals surface area (Å²) in [5.41, 5.74) is 0.820. The normalized spacial score (nSPS) is 18.7. The summed E-state index contributed by atoms with van der Waals surface area (Å²) >= 11 is 0. The molecule has 2 aromatic rings. The predicted molar refractivity (Wildman–Crippen MR) is 98.4 cm³/mol. The smallest absolute Gasteiger partial charge is 0.227 e. The molecule has 1 atom stereocenters. The van der Waals surface area contributed by atoms with Gasteiger partial charge in [0.15, 0.2) is 9.84 Å². The van der Waals surface area contributed by atoms with Crippen molar-refractivity contribution in [2.45, 2.75) is 19.4 Å². The summed E-state index contributed by atoms with van der Waals surface area (Å²) in [7, 11) is -1.12. The van der Waals surface area contributed by atoms with Gasteiger partial charge in [-0.15, -0.1) is 0 Å². The van der Waals surface area contributed by atoms with Gasteiger partial charge in [-0.05, 0) is 31.5 Å². The minimum Gasteiger partial charge on any atom is -0.492 e. The topological polar surface area (TPSA) is 84.4 Å². The molecule has 1 aromatic carbocycles. The monoisotopic (exact) mass is 362 g/mol. The fourth-order valence-electron chi connectivity index (χ4n) is 2.82. The number of anilines is 3. The van der Waals surface area contributed by atoms with E-state index >= 15 is 0 Å². The third-order valence-corrected chi connectivity index (χ3v) is 5.91. The fraction of sp³-hybridized carbons (Fsp3) is 0.412. The van der Waals surface area contributed by atoms with Gasteiger partial charge in [0.05, 0.1) is 23.8 Å². The number of sulfone groups is 1. The van der Waals surface area contributed by atoms with Gasteiger partial charge in [0.25, 0.3) is 0 Å². The van der Waals surface area contributed by atoms with Crippen molar-refractivity contribution < 1.29 is 13.2 Å². The number of nitrogens with one attached hydrogen (secondary N) is 1. The average molecular weight is 362 g/mol. The molecule has 0 amide bonds. The lowest BCUT2D eigenvalue weighted by Crippen LogP contribution is -2.33. The number of ether oxygens (including phenoxy) is 1.